The summed E-state index contributed by atoms with van der Waals surface area (Å²) in [4.78, 5) is 4.18. The van der Waals surface area contributed by atoms with E-state index >= 15 is 0 Å². The van der Waals surface area contributed by atoms with Gasteiger partial charge in [0.2, 0.25) is 0 Å². The Morgan fingerprint density at radius 1 is 1.24 bits per heavy atom. The third-order valence-electron chi connectivity index (χ3n) is 3.22. The molecule has 0 saturated carbocycles. The highest BCUT2D eigenvalue weighted by molar-refractivity contribution is 14.1. The second kappa shape index (κ2) is 7.18. The summed E-state index contributed by atoms with van der Waals surface area (Å²) >= 11 is 8.23. The molecule has 0 aliphatic heterocycles. The SMILES string of the molecule is COc1ccc(NS(=O)(=O)c2cnn(-c3ncc(I)cc3Cl)c2)cc1. The highest BCUT2D eigenvalue weighted by Crippen LogP contribution is 2.22. The molecule has 2 heterocycles. The average molecular weight is 491 g/mol. The number of benzene rings is 1. The zero-order valence-corrected chi connectivity index (χ0v) is 16.6. The van der Waals surface area contributed by atoms with Crippen LogP contribution in [0.3, 0.4) is 0 Å². The molecule has 2 aromatic heterocycles. The molecule has 1 N–H and O–H groups in total. The van der Waals surface area contributed by atoms with Crippen molar-refractivity contribution in [2.24, 2.45) is 0 Å². The summed E-state index contributed by atoms with van der Waals surface area (Å²) in [7, 11) is -2.25. The van der Waals surface area contributed by atoms with Gasteiger partial charge in [-0.05, 0) is 52.9 Å². The fourth-order valence-electron chi connectivity index (χ4n) is 2.01. The standard InChI is InChI=1S/C15H12ClIN4O3S/c1-24-12-4-2-11(3-5-12)20-25(22,23)13-8-19-21(9-13)15-14(16)6-10(17)7-18-15/h2-9,20H,1H3. The second-order valence-corrected chi connectivity index (χ2v) is 8.25. The Kier molecular flexibility index (Phi) is 5.16. The number of methoxy groups -OCH3 is 1. The van der Waals surface area contributed by atoms with Crippen molar-refractivity contribution in [3.63, 3.8) is 0 Å². The summed E-state index contributed by atoms with van der Waals surface area (Å²) < 4.78 is 34.7. The molecule has 0 spiro atoms. The van der Waals surface area contributed by atoms with E-state index in [1.807, 2.05) is 0 Å². The minimum Gasteiger partial charge on any atom is -0.497 e. The summed E-state index contributed by atoms with van der Waals surface area (Å²) in [6, 6.07) is 8.26. The topological polar surface area (TPSA) is 86.1 Å². The maximum atomic E-state index is 12.5. The first kappa shape index (κ1) is 18.0. The van der Waals surface area contributed by atoms with Crippen molar-refractivity contribution < 1.29 is 13.2 Å². The van der Waals surface area contributed by atoms with E-state index < -0.39 is 10.0 Å². The number of aromatic nitrogens is 3. The van der Waals surface area contributed by atoms with Crippen molar-refractivity contribution in [1.82, 2.24) is 14.8 Å². The first-order valence-electron chi connectivity index (χ1n) is 6.92. The number of rotatable bonds is 5. The number of sulfonamides is 1. The lowest BCUT2D eigenvalue weighted by Gasteiger charge is -2.07. The molecule has 1 aromatic carbocycles. The summed E-state index contributed by atoms with van der Waals surface area (Å²) in [5.74, 6) is 0.989. The highest BCUT2D eigenvalue weighted by Gasteiger charge is 2.18. The van der Waals surface area contributed by atoms with E-state index in [1.54, 1.807) is 36.5 Å². The number of nitrogens with zero attached hydrogens (tertiary/aromatic N) is 3. The largest absolute Gasteiger partial charge is 0.497 e. The zero-order valence-electron chi connectivity index (χ0n) is 12.8. The number of ether oxygens (including phenoxy) is 1. The molecule has 10 heteroatoms. The molecule has 0 amide bonds. The normalized spacial score (nSPS) is 11.3. The first-order valence-corrected chi connectivity index (χ1v) is 9.86. The van der Waals surface area contributed by atoms with E-state index in [2.05, 4.69) is 37.4 Å². The molecule has 3 rings (SSSR count). The lowest BCUT2D eigenvalue weighted by atomic mass is 10.3. The molecule has 0 unspecified atom stereocenters. The third-order valence-corrected chi connectivity index (χ3v) is 5.42. The van der Waals surface area contributed by atoms with Crippen LogP contribution in [0.4, 0.5) is 5.69 Å². The quantitative estimate of drug-likeness (QED) is 0.555. The molecule has 0 aliphatic carbocycles. The minimum absolute atomic E-state index is 0.000246. The van der Waals surface area contributed by atoms with E-state index in [9.17, 15) is 8.42 Å². The van der Waals surface area contributed by atoms with Crippen molar-refractivity contribution in [3.8, 4) is 11.6 Å². The Morgan fingerprint density at radius 2 is 1.96 bits per heavy atom. The summed E-state index contributed by atoms with van der Waals surface area (Å²) in [5, 5.41) is 4.42. The number of nitrogens with one attached hydrogen (secondary N) is 1. The molecule has 0 radical (unpaired) electrons. The van der Waals surface area contributed by atoms with E-state index in [0.29, 0.717) is 22.3 Å². The van der Waals surface area contributed by atoms with Crippen molar-refractivity contribution in [3.05, 3.63) is 57.5 Å². The smallest absolute Gasteiger partial charge is 0.265 e. The van der Waals surface area contributed by atoms with Gasteiger partial charge in [-0.2, -0.15) is 5.10 Å². The summed E-state index contributed by atoms with van der Waals surface area (Å²) in [5.41, 5.74) is 0.416. The Balaban J connectivity index is 1.87. The summed E-state index contributed by atoms with van der Waals surface area (Å²) in [6.45, 7) is 0. The Morgan fingerprint density at radius 3 is 2.60 bits per heavy atom. The monoisotopic (exact) mass is 490 g/mol. The van der Waals surface area contributed by atoms with Crippen LogP contribution in [0.25, 0.3) is 5.82 Å². The van der Waals surface area contributed by atoms with Crippen molar-refractivity contribution in [2.75, 3.05) is 11.8 Å². The molecule has 7 nitrogen and oxygen atoms in total. The Bertz CT molecular complexity index is 1010. The lowest BCUT2D eigenvalue weighted by Crippen LogP contribution is -2.12. The molecular formula is C15H12ClIN4O3S. The van der Waals surface area contributed by atoms with Gasteiger partial charge in [-0.25, -0.2) is 18.1 Å². The van der Waals surface area contributed by atoms with Crippen LogP contribution in [0, 0.1) is 3.57 Å². The van der Waals surface area contributed by atoms with Crippen LogP contribution in [-0.2, 0) is 10.0 Å². The Labute approximate surface area is 163 Å². The van der Waals surface area contributed by atoms with Gasteiger partial charge in [0.25, 0.3) is 10.0 Å². The molecule has 0 atom stereocenters. The molecule has 25 heavy (non-hydrogen) atoms. The van der Waals surface area contributed by atoms with E-state index in [0.717, 1.165) is 3.57 Å². The van der Waals surface area contributed by atoms with Crippen LogP contribution in [0.1, 0.15) is 0 Å². The van der Waals surface area contributed by atoms with Gasteiger partial charge in [-0.15, -0.1) is 0 Å². The number of pyridine rings is 1. The van der Waals surface area contributed by atoms with Gasteiger partial charge in [0.05, 0.1) is 24.5 Å². The predicted molar refractivity (Wildman–Crippen MR) is 103 cm³/mol. The van der Waals surface area contributed by atoms with Gasteiger partial charge in [-0.3, -0.25) is 4.72 Å². The van der Waals surface area contributed by atoms with Crippen LogP contribution in [0.15, 0.2) is 53.8 Å². The first-order chi connectivity index (χ1) is 11.9. The number of anilines is 1. The molecular weight excluding hydrogens is 479 g/mol. The average Bonchev–Trinajstić information content (AvgIpc) is 3.06. The number of hydrogen-bond donors (Lipinski definition) is 1. The maximum absolute atomic E-state index is 12.5. The summed E-state index contributed by atoms with van der Waals surface area (Å²) in [6.07, 6.45) is 4.21. The van der Waals surface area contributed by atoms with Crippen LogP contribution in [0.2, 0.25) is 5.02 Å². The fraction of sp³-hybridized carbons (Fsp3) is 0.0667. The fourth-order valence-corrected chi connectivity index (χ4v) is 3.89. The van der Waals surface area contributed by atoms with Gasteiger partial charge < -0.3 is 4.74 Å². The number of halogens is 2. The van der Waals surface area contributed by atoms with Crippen LogP contribution >= 0.6 is 34.2 Å². The van der Waals surface area contributed by atoms with E-state index in [4.69, 9.17) is 16.3 Å². The molecule has 0 saturated heterocycles. The van der Waals surface area contributed by atoms with Crippen LogP contribution in [0.5, 0.6) is 5.75 Å². The molecule has 3 aromatic rings. The van der Waals surface area contributed by atoms with Crippen molar-refractivity contribution >= 4 is 49.9 Å². The highest BCUT2D eigenvalue weighted by atomic mass is 127. The molecule has 0 aliphatic rings. The van der Waals surface area contributed by atoms with Crippen molar-refractivity contribution in [2.45, 2.75) is 4.90 Å². The zero-order chi connectivity index (χ0) is 18.0. The van der Waals surface area contributed by atoms with Crippen LogP contribution < -0.4 is 9.46 Å². The van der Waals surface area contributed by atoms with Gasteiger partial charge in [-0.1, -0.05) is 11.6 Å². The minimum atomic E-state index is -3.79. The van der Waals surface area contributed by atoms with Gasteiger partial charge >= 0.3 is 0 Å². The van der Waals surface area contributed by atoms with Crippen molar-refractivity contribution in [1.29, 1.82) is 0 Å². The third kappa shape index (κ3) is 4.05. The predicted octanol–water partition coefficient (Wildman–Crippen LogP) is 3.33. The van der Waals surface area contributed by atoms with Gasteiger partial charge in [0.1, 0.15) is 10.6 Å². The van der Waals surface area contributed by atoms with Gasteiger partial charge in [0.15, 0.2) is 5.82 Å². The lowest BCUT2D eigenvalue weighted by molar-refractivity contribution is 0.415. The van der Waals surface area contributed by atoms with E-state index in [-0.39, 0.29) is 4.90 Å². The molecule has 0 fully saturated rings. The second-order valence-electron chi connectivity index (χ2n) is 4.91. The van der Waals surface area contributed by atoms with Gasteiger partial charge in [0, 0.05) is 15.5 Å². The maximum Gasteiger partial charge on any atom is 0.265 e. The Hall–Kier alpha value is -1.85. The number of hydrogen-bond acceptors (Lipinski definition) is 5. The van der Waals surface area contributed by atoms with E-state index in [1.165, 1.54) is 24.2 Å². The molecule has 130 valence electrons. The van der Waals surface area contributed by atoms with Crippen LogP contribution in [-0.4, -0.2) is 30.3 Å². The molecule has 0 bridgehead atoms.